The number of carbonyl (C=O) groups is 1. The SMILES string of the molecule is C[C@H](C(=O)Nc1ccc(CC#N)cc1)N(c1cccc(C(F)(F)F)c1)S(C)(=O)=O. The van der Waals surface area contributed by atoms with E-state index in [1.807, 2.05) is 6.07 Å². The molecular formula is C19H18F3N3O3S. The molecule has 0 aromatic heterocycles. The largest absolute Gasteiger partial charge is 0.416 e. The van der Waals surface area contributed by atoms with Gasteiger partial charge in [0.05, 0.1) is 30.0 Å². The normalized spacial score (nSPS) is 12.7. The van der Waals surface area contributed by atoms with Gasteiger partial charge in [0.25, 0.3) is 0 Å². The molecule has 2 rings (SSSR count). The Morgan fingerprint density at radius 1 is 1.21 bits per heavy atom. The van der Waals surface area contributed by atoms with Crippen LogP contribution in [-0.4, -0.2) is 26.6 Å². The molecular weight excluding hydrogens is 407 g/mol. The molecule has 0 aliphatic carbocycles. The lowest BCUT2D eigenvalue weighted by molar-refractivity contribution is -0.137. The minimum Gasteiger partial charge on any atom is -0.324 e. The van der Waals surface area contributed by atoms with Gasteiger partial charge in [-0.1, -0.05) is 18.2 Å². The van der Waals surface area contributed by atoms with Crippen molar-refractivity contribution in [1.82, 2.24) is 0 Å². The van der Waals surface area contributed by atoms with Gasteiger partial charge < -0.3 is 5.32 Å². The molecule has 0 aliphatic heterocycles. The molecule has 0 fully saturated rings. The average Bonchev–Trinajstić information content (AvgIpc) is 2.62. The molecule has 1 amide bonds. The minimum atomic E-state index is -4.66. The van der Waals surface area contributed by atoms with Crippen LogP contribution >= 0.6 is 0 Å². The molecule has 0 spiro atoms. The number of amides is 1. The maximum Gasteiger partial charge on any atom is 0.416 e. The van der Waals surface area contributed by atoms with Crippen molar-refractivity contribution in [1.29, 1.82) is 5.26 Å². The van der Waals surface area contributed by atoms with Crippen molar-refractivity contribution in [2.24, 2.45) is 0 Å². The molecule has 0 bridgehead atoms. The van der Waals surface area contributed by atoms with Crippen molar-refractivity contribution in [3.05, 3.63) is 59.7 Å². The Hall–Kier alpha value is -3.06. The number of rotatable bonds is 6. The summed E-state index contributed by atoms with van der Waals surface area (Å²) < 4.78 is 64.1. The second-order valence-corrected chi connectivity index (χ2v) is 8.16. The molecule has 0 aliphatic rings. The molecule has 0 saturated carbocycles. The quantitative estimate of drug-likeness (QED) is 0.766. The summed E-state index contributed by atoms with van der Waals surface area (Å²) in [4.78, 5) is 12.6. The standard InChI is InChI=1S/C19H18F3N3O3S/c1-13(18(26)24-16-8-6-14(7-9-16)10-11-23)25(29(2,27)28)17-5-3-4-15(12-17)19(20,21)22/h3-9,12-13H,10H2,1-2H3,(H,24,26)/t13-/m1/s1. The summed E-state index contributed by atoms with van der Waals surface area (Å²) >= 11 is 0. The average molecular weight is 425 g/mol. The van der Waals surface area contributed by atoms with E-state index in [1.54, 1.807) is 24.3 Å². The molecule has 0 radical (unpaired) electrons. The Kier molecular flexibility index (Phi) is 6.54. The molecule has 29 heavy (non-hydrogen) atoms. The molecule has 2 aromatic rings. The number of hydrogen-bond acceptors (Lipinski definition) is 4. The first-order chi connectivity index (χ1) is 13.4. The lowest BCUT2D eigenvalue weighted by Crippen LogP contribution is -2.45. The van der Waals surface area contributed by atoms with E-state index < -0.39 is 33.7 Å². The number of benzene rings is 2. The van der Waals surface area contributed by atoms with E-state index in [2.05, 4.69) is 5.32 Å². The molecule has 1 atom stereocenters. The van der Waals surface area contributed by atoms with Crippen molar-refractivity contribution >= 4 is 27.3 Å². The van der Waals surface area contributed by atoms with E-state index in [0.717, 1.165) is 24.0 Å². The number of anilines is 2. The Morgan fingerprint density at radius 2 is 1.83 bits per heavy atom. The zero-order valence-corrected chi connectivity index (χ0v) is 16.4. The van der Waals surface area contributed by atoms with E-state index in [0.29, 0.717) is 16.1 Å². The van der Waals surface area contributed by atoms with Gasteiger partial charge in [-0.3, -0.25) is 9.10 Å². The van der Waals surface area contributed by atoms with Gasteiger partial charge in [-0.05, 0) is 42.8 Å². The fourth-order valence-electron chi connectivity index (χ4n) is 2.67. The number of halogens is 3. The third kappa shape index (κ3) is 5.71. The lowest BCUT2D eigenvalue weighted by Gasteiger charge is -2.28. The van der Waals surface area contributed by atoms with E-state index in [4.69, 9.17) is 5.26 Å². The highest BCUT2D eigenvalue weighted by atomic mass is 32.2. The smallest absolute Gasteiger partial charge is 0.324 e. The van der Waals surface area contributed by atoms with Crippen LogP contribution in [0.5, 0.6) is 0 Å². The van der Waals surface area contributed by atoms with Gasteiger partial charge in [0.1, 0.15) is 6.04 Å². The van der Waals surface area contributed by atoms with Gasteiger partial charge in [0.15, 0.2) is 0 Å². The second-order valence-electron chi connectivity index (χ2n) is 6.30. The van der Waals surface area contributed by atoms with E-state index >= 15 is 0 Å². The van der Waals surface area contributed by atoms with Gasteiger partial charge in [0.2, 0.25) is 15.9 Å². The maximum absolute atomic E-state index is 13.0. The maximum atomic E-state index is 13.0. The van der Waals surface area contributed by atoms with Crippen LogP contribution in [0.2, 0.25) is 0 Å². The van der Waals surface area contributed by atoms with E-state index in [9.17, 15) is 26.4 Å². The monoisotopic (exact) mass is 425 g/mol. The number of nitriles is 1. The van der Waals surface area contributed by atoms with Crippen LogP contribution in [0.3, 0.4) is 0 Å². The van der Waals surface area contributed by atoms with Crippen LogP contribution in [0.25, 0.3) is 0 Å². The number of hydrogen-bond donors (Lipinski definition) is 1. The van der Waals surface area contributed by atoms with Gasteiger partial charge in [0, 0.05) is 5.69 Å². The topological polar surface area (TPSA) is 90.3 Å². The van der Waals surface area contributed by atoms with Crippen molar-refractivity contribution in [2.75, 3.05) is 15.9 Å². The summed E-state index contributed by atoms with van der Waals surface area (Å²) in [5.74, 6) is -0.721. The Balaban J connectivity index is 2.31. The number of nitrogens with one attached hydrogen (secondary N) is 1. The van der Waals surface area contributed by atoms with E-state index in [-0.39, 0.29) is 12.1 Å². The molecule has 2 aromatic carbocycles. The first kappa shape index (κ1) is 22.2. The Bertz CT molecular complexity index is 1030. The summed E-state index contributed by atoms with van der Waals surface area (Å²) in [6.45, 7) is 1.28. The number of alkyl halides is 3. The fraction of sp³-hybridized carbons (Fsp3) is 0.263. The molecule has 154 valence electrons. The van der Waals surface area contributed by atoms with Crippen LogP contribution in [0.4, 0.5) is 24.5 Å². The second kappa shape index (κ2) is 8.53. The summed E-state index contributed by atoms with van der Waals surface area (Å²) in [7, 11) is -4.06. The van der Waals surface area contributed by atoms with Crippen LogP contribution in [0.15, 0.2) is 48.5 Å². The molecule has 1 N–H and O–H groups in total. The highest BCUT2D eigenvalue weighted by Crippen LogP contribution is 2.33. The molecule has 10 heteroatoms. The first-order valence-electron chi connectivity index (χ1n) is 8.37. The summed E-state index contributed by atoms with van der Waals surface area (Å²) in [6, 6.07) is 10.8. The van der Waals surface area contributed by atoms with Crippen LogP contribution in [-0.2, 0) is 27.4 Å². The highest BCUT2D eigenvalue weighted by molar-refractivity contribution is 7.92. The lowest BCUT2D eigenvalue weighted by atomic mass is 10.1. The predicted molar refractivity (Wildman–Crippen MR) is 103 cm³/mol. The zero-order chi connectivity index (χ0) is 21.8. The van der Waals surface area contributed by atoms with Crippen LogP contribution in [0, 0.1) is 11.3 Å². The Morgan fingerprint density at radius 3 is 2.34 bits per heavy atom. The molecule has 0 heterocycles. The van der Waals surface area contributed by atoms with E-state index in [1.165, 1.54) is 13.0 Å². The van der Waals surface area contributed by atoms with Gasteiger partial charge >= 0.3 is 6.18 Å². The number of carbonyl (C=O) groups excluding carboxylic acids is 1. The van der Waals surface area contributed by atoms with Crippen molar-refractivity contribution in [3.63, 3.8) is 0 Å². The van der Waals surface area contributed by atoms with Crippen molar-refractivity contribution in [3.8, 4) is 6.07 Å². The summed E-state index contributed by atoms with van der Waals surface area (Å²) in [6.07, 6.45) is -3.65. The minimum absolute atomic E-state index is 0.196. The fourth-order valence-corrected chi connectivity index (χ4v) is 3.84. The van der Waals surface area contributed by atoms with Gasteiger partial charge in [-0.15, -0.1) is 0 Å². The van der Waals surface area contributed by atoms with Crippen LogP contribution in [0.1, 0.15) is 18.1 Å². The van der Waals surface area contributed by atoms with Crippen molar-refractivity contribution < 1.29 is 26.4 Å². The summed E-state index contributed by atoms with van der Waals surface area (Å²) in [5.41, 5.74) is -0.194. The first-order valence-corrected chi connectivity index (χ1v) is 10.2. The van der Waals surface area contributed by atoms with Gasteiger partial charge in [-0.25, -0.2) is 8.42 Å². The molecule has 6 nitrogen and oxygen atoms in total. The van der Waals surface area contributed by atoms with Crippen molar-refractivity contribution in [2.45, 2.75) is 25.6 Å². The third-order valence-electron chi connectivity index (χ3n) is 4.02. The summed E-state index contributed by atoms with van der Waals surface area (Å²) in [5, 5.41) is 11.2. The Labute approximate surface area is 166 Å². The predicted octanol–water partition coefficient (Wildman–Crippen LogP) is 3.56. The molecule has 0 saturated heterocycles. The zero-order valence-electron chi connectivity index (χ0n) is 15.6. The van der Waals surface area contributed by atoms with Crippen LogP contribution < -0.4 is 9.62 Å². The number of nitrogens with zero attached hydrogens (tertiary/aromatic N) is 2. The number of sulfonamides is 1. The highest BCUT2D eigenvalue weighted by Gasteiger charge is 2.34. The third-order valence-corrected chi connectivity index (χ3v) is 5.26. The van der Waals surface area contributed by atoms with Gasteiger partial charge in [-0.2, -0.15) is 18.4 Å². The molecule has 0 unspecified atom stereocenters.